The summed E-state index contributed by atoms with van der Waals surface area (Å²) in [5.74, 6) is 0. The van der Waals surface area contributed by atoms with Crippen LogP contribution in [0, 0.1) is 5.41 Å². The summed E-state index contributed by atoms with van der Waals surface area (Å²) < 4.78 is 0. The summed E-state index contributed by atoms with van der Waals surface area (Å²) in [6, 6.07) is 0. The monoisotopic (exact) mass is 204 g/mol. The topological polar surface area (TPSA) is 0 Å². The van der Waals surface area contributed by atoms with E-state index in [1.54, 1.807) is 0 Å². The molecule has 0 saturated carbocycles. The lowest BCUT2D eigenvalue weighted by Crippen LogP contribution is -2.13. The van der Waals surface area contributed by atoms with E-state index in [9.17, 15) is 0 Å². The van der Waals surface area contributed by atoms with Crippen molar-refractivity contribution in [2.45, 2.75) is 33.1 Å². The fourth-order valence-electron chi connectivity index (χ4n) is 0.804. The molecular formula is C9H17Br. The van der Waals surface area contributed by atoms with Crippen molar-refractivity contribution in [1.29, 1.82) is 0 Å². The SMILES string of the molecule is C=CC(C)(CBr)CCCC. The molecule has 0 bridgehead atoms. The third kappa shape index (κ3) is 3.40. The molecule has 0 aromatic rings. The molecule has 0 rings (SSSR count). The van der Waals surface area contributed by atoms with E-state index in [1.165, 1.54) is 19.3 Å². The molecule has 0 fully saturated rings. The van der Waals surface area contributed by atoms with Gasteiger partial charge in [-0.2, -0.15) is 0 Å². The first-order valence-electron chi connectivity index (χ1n) is 3.88. The van der Waals surface area contributed by atoms with E-state index in [2.05, 4.69) is 42.4 Å². The van der Waals surface area contributed by atoms with Gasteiger partial charge in [-0.05, 0) is 11.8 Å². The van der Waals surface area contributed by atoms with E-state index in [4.69, 9.17) is 0 Å². The lowest BCUT2D eigenvalue weighted by Gasteiger charge is -2.21. The molecule has 60 valence electrons. The van der Waals surface area contributed by atoms with Crippen LogP contribution in [0.3, 0.4) is 0 Å². The van der Waals surface area contributed by atoms with E-state index in [0.29, 0.717) is 5.41 Å². The molecule has 0 aliphatic rings. The van der Waals surface area contributed by atoms with Crippen molar-refractivity contribution in [2.24, 2.45) is 5.41 Å². The Bertz CT molecular complexity index is 98.9. The Hall–Kier alpha value is 0.220. The molecule has 0 spiro atoms. The Morgan fingerprint density at radius 3 is 2.50 bits per heavy atom. The van der Waals surface area contributed by atoms with E-state index < -0.39 is 0 Å². The zero-order valence-corrected chi connectivity index (χ0v) is 8.58. The van der Waals surface area contributed by atoms with Gasteiger partial charge in [0.2, 0.25) is 0 Å². The molecule has 1 unspecified atom stereocenters. The van der Waals surface area contributed by atoms with Gasteiger partial charge >= 0.3 is 0 Å². The van der Waals surface area contributed by atoms with Crippen molar-refractivity contribution < 1.29 is 0 Å². The molecule has 0 saturated heterocycles. The summed E-state index contributed by atoms with van der Waals surface area (Å²) >= 11 is 3.49. The van der Waals surface area contributed by atoms with Crippen molar-refractivity contribution in [1.82, 2.24) is 0 Å². The first kappa shape index (κ1) is 10.2. The van der Waals surface area contributed by atoms with Crippen LogP contribution in [0.5, 0.6) is 0 Å². The van der Waals surface area contributed by atoms with Crippen molar-refractivity contribution in [3.05, 3.63) is 12.7 Å². The van der Waals surface area contributed by atoms with Crippen molar-refractivity contribution >= 4 is 15.9 Å². The van der Waals surface area contributed by atoms with E-state index >= 15 is 0 Å². The van der Waals surface area contributed by atoms with Crippen LogP contribution in [-0.2, 0) is 0 Å². The van der Waals surface area contributed by atoms with Crippen LogP contribution in [0.15, 0.2) is 12.7 Å². The summed E-state index contributed by atoms with van der Waals surface area (Å²) in [5, 5.41) is 1.03. The molecule has 0 radical (unpaired) electrons. The summed E-state index contributed by atoms with van der Waals surface area (Å²) in [6.45, 7) is 8.29. The van der Waals surface area contributed by atoms with Gasteiger partial charge in [-0.3, -0.25) is 0 Å². The summed E-state index contributed by atoms with van der Waals surface area (Å²) in [6.07, 6.45) is 5.88. The van der Waals surface area contributed by atoms with Gasteiger partial charge in [-0.15, -0.1) is 6.58 Å². The van der Waals surface area contributed by atoms with Crippen LogP contribution in [0.1, 0.15) is 33.1 Å². The average molecular weight is 205 g/mol. The van der Waals surface area contributed by atoms with E-state index in [0.717, 1.165) is 5.33 Å². The maximum absolute atomic E-state index is 3.83. The predicted octanol–water partition coefficient (Wildman–Crippen LogP) is 3.76. The number of rotatable bonds is 5. The van der Waals surface area contributed by atoms with E-state index in [-0.39, 0.29) is 0 Å². The van der Waals surface area contributed by atoms with Crippen LogP contribution >= 0.6 is 15.9 Å². The predicted molar refractivity (Wildman–Crippen MR) is 51.6 cm³/mol. The number of hydrogen-bond donors (Lipinski definition) is 0. The Labute approximate surface area is 72.8 Å². The quantitative estimate of drug-likeness (QED) is 0.473. The van der Waals surface area contributed by atoms with Crippen LogP contribution in [0.25, 0.3) is 0 Å². The van der Waals surface area contributed by atoms with Gasteiger partial charge in [-0.1, -0.05) is 48.7 Å². The Kier molecular flexibility index (Phi) is 5.06. The maximum Gasteiger partial charge on any atom is 0.0120 e. The van der Waals surface area contributed by atoms with Gasteiger partial charge in [0.1, 0.15) is 0 Å². The molecule has 0 aliphatic heterocycles. The smallest absolute Gasteiger partial charge is 0.0120 e. The highest BCUT2D eigenvalue weighted by atomic mass is 79.9. The maximum atomic E-state index is 3.83. The average Bonchev–Trinajstić information content (AvgIpc) is 2.00. The second kappa shape index (κ2) is 4.95. The fraction of sp³-hybridized carbons (Fsp3) is 0.778. The van der Waals surface area contributed by atoms with Crippen LogP contribution in [0.2, 0.25) is 0 Å². The zero-order chi connectivity index (χ0) is 8.04. The number of alkyl halides is 1. The molecule has 1 heteroatoms. The van der Waals surface area contributed by atoms with Crippen molar-refractivity contribution in [3.8, 4) is 0 Å². The van der Waals surface area contributed by atoms with Crippen LogP contribution < -0.4 is 0 Å². The van der Waals surface area contributed by atoms with Gasteiger partial charge in [0.15, 0.2) is 0 Å². The lowest BCUT2D eigenvalue weighted by molar-refractivity contribution is 0.431. The van der Waals surface area contributed by atoms with Crippen molar-refractivity contribution in [3.63, 3.8) is 0 Å². The largest absolute Gasteiger partial charge is 0.103 e. The lowest BCUT2D eigenvalue weighted by atomic mass is 9.88. The second-order valence-corrected chi connectivity index (χ2v) is 3.66. The minimum atomic E-state index is 0.315. The minimum Gasteiger partial charge on any atom is -0.103 e. The third-order valence-electron chi connectivity index (χ3n) is 1.90. The molecule has 0 aliphatic carbocycles. The van der Waals surface area contributed by atoms with E-state index in [1.807, 2.05) is 0 Å². The second-order valence-electron chi connectivity index (χ2n) is 3.10. The summed E-state index contributed by atoms with van der Waals surface area (Å²) in [4.78, 5) is 0. The molecule has 0 aromatic heterocycles. The molecule has 0 aromatic carbocycles. The molecule has 0 nitrogen and oxygen atoms in total. The van der Waals surface area contributed by atoms with Gasteiger partial charge in [0, 0.05) is 5.33 Å². The highest BCUT2D eigenvalue weighted by molar-refractivity contribution is 9.09. The van der Waals surface area contributed by atoms with Gasteiger partial charge in [0.25, 0.3) is 0 Å². The zero-order valence-electron chi connectivity index (χ0n) is 6.99. The number of allylic oxidation sites excluding steroid dienone is 1. The Morgan fingerprint density at radius 2 is 2.20 bits per heavy atom. The Balaban J connectivity index is 3.68. The number of unbranched alkanes of at least 4 members (excludes halogenated alkanes) is 1. The number of hydrogen-bond acceptors (Lipinski definition) is 0. The molecular weight excluding hydrogens is 188 g/mol. The third-order valence-corrected chi connectivity index (χ3v) is 3.18. The fourth-order valence-corrected chi connectivity index (χ4v) is 1.31. The van der Waals surface area contributed by atoms with Crippen molar-refractivity contribution in [2.75, 3.05) is 5.33 Å². The van der Waals surface area contributed by atoms with Gasteiger partial charge < -0.3 is 0 Å². The molecule has 0 amide bonds. The molecule has 10 heavy (non-hydrogen) atoms. The normalized spacial score (nSPS) is 16.3. The molecule has 1 atom stereocenters. The molecule has 0 heterocycles. The minimum absolute atomic E-state index is 0.315. The first-order chi connectivity index (χ1) is 4.68. The van der Waals surface area contributed by atoms with Gasteiger partial charge in [0.05, 0.1) is 0 Å². The first-order valence-corrected chi connectivity index (χ1v) is 5.00. The van der Waals surface area contributed by atoms with Crippen LogP contribution in [0.4, 0.5) is 0 Å². The number of halogens is 1. The highest BCUT2D eigenvalue weighted by Gasteiger charge is 2.16. The summed E-state index contributed by atoms with van der Waals surface area (Å²) in [7, 11) is 0. The van der Waals surface area contributed by atoms with Gasteiger partial charge in [-0.25, -0.2) is 0 Å². The Morgan fingerprint density at radius 1 is 1.60 bits per heavy atom. The van der Waals surface area contributed by atoms with Crippen LogP contribution in [-0.4, -0.2) is 5.33 Å². The summed E-state index contributed by atoms with van der Waals surface area (Å²) in [5.41, 5.74) is 0.315. The highest BCUT2D eigenvalue weighted by Crippen LogP contribution is 2.27. The molecule has 0 N–H and O–H groups in total. The standard InChI is InChI=1S/C9H17Br/c1-4-6-7-9(3,5-2)8-10/h5H,2,4,6-8H2,1,3H3.